The molecule has 0 radical (unpaired) electrons. The Morgan fingerprint density at radius 3 is 1.88 bits per heavy atom. The summed E-state index contributed by atoms with van der Waals surface area (Å²) >= 11 is 0. The molecule has 1 heterocycles. The van der Waals surface area contributed by atoms with Crippen molar-refractivity contribution in [2.75, 3.05) is 28.2 Å². The van der Waals surface area contributed by atoms with Crippen molar-refractivity contribution in [1.82, 2.24) is 14.4 Å². The van der Waals surface area contributed by atoms with Crippen molar-refractivity contribution in [3.63, 3.8) is 0 Å². The van der Waals surface area contributed by atoms with Gasteiger partial charge in [-0.25, -0.2) is 0 Å². The zero-order valence-electron chi connectivity index (χ0n) is 19.6. The molecule has 9 heteroatoms. The molecule has 0 atom stereocenters. The van der Waals surface area contributed by atoms with Gasteiger partial charge in [-0.15, -0.1) is 0 Å². The zero-order chi connectivity index (χ0) is 25.2. The minimum atomic E-state index is -4.51. The molecule has 0 aliphatic carbocycles. The summed E-state index contributed by atoms with van der Waals surface area (Å²) in [5.41, 5.74) is 0.872. The summed E-state index contributed by atoms with van der Waals surface area (Å²) in [7, 11) is 6.22. The SMILES string of the molecule is Cc1c(OCc2ccccc2)c(C(=O)N(C)C)n(-c2ccc(C(F)(F)F)cc2)c1C(=O)N(C)C. The summed E-state index contributed by atoms with van der Waals surface area (Å²) in [6.07, 6.45) is -4.51. The number of halogens is 3. The van der Waals surface area contributed by atoms with Gasteiger partial charge < -0.3 is 14.5 Å². The molecule has 0 saturated heterocycles. The van der Waals surface area contributed by atoms with Crippen LogP contribution in [0.2, 0.25) is 0 Å². The summed E-state index contributed by atoms with van der Waals surface area (Å²) < 4.78 is 46.8. The van der Waals surface area contributed by atoms with Crippen molar-refractivity contribution < 1.29 is 27.5 Å². The second kappa shape index (κ2) is 9.62. The van der Waals surface area contributed by atoms with Gasteiger partial charge in [-0.2, -0.15) is 13.2 Å². The smallest absolute Gasteiger partial charge is 0.416 e. The third kappa shape index (κ3) is 4.93. The second-order valence-electron chi connectivity index (χ2n) is 8.20. The average Bonchev–Trinajstić information content (AvgIpc) is 3.08. The lowest BCUT2D eigenvalue weighted by Gasteiger charge is -2.18. The van der Waals surface area contributed by atoms with Crippen LogP contribution in [-0.4, -0.2) is 54.4 Å². The molecule has 2 amide bonds. The van der Waals surface area contributed by atoms with E-state index in [0.717, 1.165) is 17.7 Å². The van der Waals surface area contributed by atoms with Gasteiger partial charge >= 0.3 is 6.18 Å². The fourth-order valence-electron chi connectivity index (χ4n) is 3.50. The van der Waals surface area contributed by atoms with Crippen LogP contribution in [0.15, 0.2) is 54.6 Å². The Labute approximate surface area is 196 Å². The van der Waals surface area contributed by atoms with E-state index in [1.807, 2.05) is 30.3 Å². The van der Waals surface area contributed by atoms with Crippen LogP contribution in [0.3, 0.4) is 0 Å². The van der Waals surface area contributed by atoms with Crippen LogP contribution in [0.4, 0.5) is 13.2 Å². The second-order valence-corrected chi connectivity index (χ2v) is 8.20. The summed E-state index contributed by atoms with van der Waals surface area (Å²) in [4.78, 5) is 29.1. The number of hydrogen-bond acceptors (Lipinski definition) is 3. The van der Waals surface area contributed by atoms with Gasteiger partial charge in [-0.1, -0.05) is 30.3 Å². The van der Waals surface area contributed by atoms with E-state index < -0.39 is 23.6 Å². The number of benzene rings is 2. The Kier molecular flexibility index (Phi) is 7.04. The third-order valence-electron chi connectivity index (χ3n) is 5.25. The summed E-state index contributed by atoms with van der Waals surface area (Å²) in [6.45, 7) is 1.80. The molecule has 0 aliphatic heterocycles. The molecule has 0 N–H and O–H groups in total. The van der Waals surface area contributed by atoms with Gasteiger partial charge in [0.05, 0.1) is 5.56 Å². The predicted molar refractivity (Wildman–Crippen MR) is 122 cm³/mol. The molecule has 3 aromatic rings. The number of alkyl halides is 3. The number of aromatic nitrogens is 1. The molecule has 6 nitrogen and oxygen atoms in total. The monoisotopic (exact) mass is 473 g/mol. The van der Waals surface area contributed by atoms with Gasteiger partial charge in [0.2, 0.25) is 0 Å². The van der Waals surface area contributed by atoms with Crippen LogP contribution in [-0.2, 0) is 12.8 Å². The largest absolute Gasteiger partial charge is 0.486 e. The molecule has 180 valence electrons. The van der Waals surface area contributed by atoms with E-state index in [0.29, 0.717) is 5.56 Å². The van der Waals surface area contributed by atoms with E-state index in [4.69, 9.17) is 4.74 Å². The van der Waals surface area contributed by atoms with Gasteiger partial charge in [-0.05, 0) is 36.8 Å². The molecule has 1 aromatic heterocycles. The lowest BCUT2D eigenvalue weighted by atomic mass is 10.2. The molecule has 0 aliphatic rings. The average molecular weight is 473 g/mol. The van der Waals surface area contributed by atoms with Crippen molar-refractivity contribution in [3.05, 3.63) is 82.7 Å². The van der Waals surface area contributed by atoms with Crippen LogP contribution in [0.1, 0.15) is 37.7 Å². The maximum atomic E-state index is 13.3. The Morgan fingerprint density at radius 2 is 1.38 bits per heavy atom. The Bertz CT molecular complexity index is 1180. The predicted octanol–water partition coefficient (Wildman–Crippen LogP) is 4.79. The van der Waals surface area contributed by atoms with Crippen LogP contribution >= 0.6 is 0 Å². The third-order valence-corrected chi connectivity index (χ3v) is 5.25. The minimum Gasteiger partial charge on any atom is -0.486 e. The van der Waals surface area contributed by atoms with E-state index in [9.17, 15) is 22.8 Å². The van der Waals surface area contributed by atoms with Gasteiger partial charge in [0.25, 0.3) is 11.8 Å². The number of carbonyl (C=O) groups excluding carboxylic acids is 2. The molecule has 0 saturated carbocycles. The highest BCUT2D eigenvalue weighted by Gasteiger charge is 2.34. The lowest BCUT2D eigenvalue weighted by Crippen LogP contribution is -2.28. The van der Waals surface area contributed by atoms with Crippen LogP contribution < -0.4 is 4.74 Å². The van der Waals surface area contributed by atoms with E-state index in [2.05, 4.69) is 0 Å². The number of hydrogen-bond donors (Lipinski definition) is 0. The zero-order valence-corrected chi connectivity index (χ0v) is 19.6. The standard InChI is InChI=1S/C25H26F3N3O3/c1-16-20(23(32)29(2)3)31(19-13-11-18(12-14-19)25(26,27)28)21(24(33)30(4)5)22(16)34-15-17-9-7-6-8-10-17/h6-14H,15H2,1-5H3. The quantitative estimate of drug-likeness (QED) is 0.518. The molecular formula is C25H26F3N3O3. The highest BCUT2D eigenvalue weighted by Crippen LogP contribution is 2.36. The first-order valence-electron chi connectivity index (χ1n) is 10.5. The maximum Gasteiger partial charge on any atom is 0.416 e. The molecular weight excluding hydrogens is 447 g/mol. The summed E-state index contributed by atoms with van der Waals surface area (Å²) in [5.74, 6) is -0.670. The molecule has 0 unspecified atom stereocenters. The van der Waals surface area contributed by atoms with Gasteiger partial charge in [-0.3, -0.25) is 14.2 Å². The Morgan fingerprint density at radius 1 is 0.853 bits per heavy atom. The van der Waals surface area contributed by atoms with Crippen molar-refractivity contribution >= 4 is 11.8 Å². The van der Waals surface area contributed by atoms with E-state index in [1.165, 1.54) is 26.5 Å². The maximum absolute atomic E-state index is 13.3. The Balaban J connectivity index is 2.26. The van der Waals surface area contributed by atoms with E-state index >= 15 is 0 Å². The normalized spacial score (nSPS) is 11.3. The van der Waals surface area contributed by atoms with E-state index in [-0.39, 0.29) is 29.4 Å². The first kappa shape index (κ1) is 24.9. The molecule has 3 rings (SSSR count). The van der Waals surface area contributed by atoms with E-state index in [1.54, 1.807) is 35.1 Å². The summed E-state index contributed by atoms with van der Waals surface area (Å²) in [6, 6.07) is 13.6. The van der Waals surface area contributed by atoms with Crippen LogP contribution in [0, 0.1) is 6.92 Å². The van der Waals surface area contributed by atoms with Crippen molar-refractivity contribution in [3.8, 4) is 11.4 Å². The van der Waals surface area contributed by atoms with Crippen molar-refractivity contribution in [2.24, 2.45) is 0 Å². The first-order chi connectivity index (χ1) is 15.9. The molecule has 34 heavy (non-hydrogen) atoms. The fraction of sp³-hybridized carbons (Fsp3) is 0.280. The highest BCUT2D eigenvalue weighted by molar-refractivity contribution is 6.02. The van der Waals surface area contributed by atoms with Gasteiger partial charge in [0.1, 0.15) is 12.3 Å². The van der Waals surface area contributed by atoms with Gasteiger partial charge in [0.15, 0.2) is 11.4 Å². The number of nitrogens with zero attached hydrogens (tertiary/aromatic N) is 3. The lowest BCUT2D eigenvalue weighted by molar-refractivity contribution is -0.137. The molecule has 0 spiro atoms. The molecule has 0 fully saturated rings. The number of carbonyl (C=O) groups is 2. The van der Waals surface area contributed by atoms with Crippen molar-refractivity contribution in [1.29, 1.82) is 0 Å². The Hall–Kier alpha value is -3.75. The number of ether oxygens (including phenoxy) is 1. The topological polar surface area (TPSA) is 54.8 Å². The number of rotatable bonds is 6. The first-order valence-corrected chi connectivity index (χ1v) is 10.5. The van der Waals surface area contributed by atoms with Gasteiger partial charge in [0, 0.05) is 39.4 Å². The molecule has 0 bridgehead atoms. The summed E-state index contributed by atoms with van der Waals surface area (Å²) in [5, 5.41) is 0. The van der Waals surface area contributed by atoms with Crippen LogP contribution in [0.5, 0.6) is 5.75 Å². The van der Waals surface area contributed by atoms with Crippen molar-refractivity contribution in [2.45, 2.75) is 19.7 Å². The fourth-order valence-corrected chi connectivity index (χ4v) is 3.50. The molecule has 2 aromatic carbocycles. The minimum absolute atomic E-state index is 0.0587. The van der Waals surface area contributed by atoms with Crippen LogP contribution in [0.25, 0.3) is 5.69 Å². The number of amides is 2. The highest BCUT2D eigenvalue weighted by atomic mass is 19.4.